The Labute approximate surface area is 89.1 Å². The van der Waals surface area contributed by atoms with Crippen LogP contribution in [0.3, 0.4) is 0 Å². The van der Waals surface area contributed by atoms with Crippen molar-refractivity contribution in [2.75, 3.05) is 0 Å². The van der Waals surface area contributed by atoms with E-state index in [0.717, 1.165) is 5.92 Å². The third-order valence-corrected chi connectivity index (χ3v) is 3.52. The molecule has 1 fully saturated rings. The van der Waals surface area contributed by atoms with Gasteiger partial charge < -0.3 is 0 Å². The van der Waals surface area contributed by atoms with Crippen molar-refractivity contribution in [2.45, 2.75) is 59.3 Å². The molecule has 0 heteroatoms. The minimum atomic E-state index is 0. The Morgan fingerprint density at radius 1 is 1.00 bits per heavy atom. The third-order valence-electron chi connectivity index (χ3n) is 3.52. The summed E-state index contributed by atoms with van der Waals surface area (Å²) in [6.07, 6.45) is 14.7. The fraction of sp³-hybridized carbons (Fsp3) is 0.714. The molecule has 2 rings (SSSR count). The molecule has 0 N–H and O–H groups in total. The molecule has 0 spiro atoms. The Morgan fingerprint density at radius 2 is 1.71 bits per heavy atom. The lowest BCUT2D eigenvalue weighted by atomic mass is 9.80. The van der Waals surface area contributed by atoms with Gasteiger partial charge in [0.2, 0.25) is 0 Å². The number of rotatable bonds is 1. The van der Waals surface area contributed by atoms with E-state index in [0.29, 0.717) is 0 Å². The first-order valence-electron chi connectivity index (χ1n) is 5.72. The van der Waals surface area contributed by atoms with Gasteiger partial charge in [-0.3, -0.25) is 0 Å². The summed E-state index contributed by atoms with van der Waals surface area (Å²) >= 11 is 0. The van der Waals surface area contributed by atoms with Gasteiger partial charge >= 0.3 is 0 Å². The average Bonchev–Trinajstić information content (AvgIpc) is 2.20. The summed E-state index contributed by atoms with van der Waals surface area (Å²) in [6, 6.07) is 0. The molecule has 0 atom stereocenters. The molecule has 2 aliphatic carbocycles. The minimum absolute atomic E-state index is 0. The molecule has 14 heavy (non-hydrogen) atoms. The average molecular weight is 192 g/mol. The van der Waals surface area contributed by atoms with Crippen LogP contribution in [-0.2, 0) is 0 Å². The maximum absolute atomic E-state index is 2.40. The molecule has 0 saturated heterocycles. The molecule has 0 radical (unpaired) electrons. The maximum atomic E-state index is 2.40. The normalized spacial score (nSPS) is 23.5. The van der Waals surface area contributed by atoms with Crippen LogP contribution in [0.1, 0.15) is 59.3 Å². The summed E-state index contributed by atoms with van der Waals surface area (Å²) in [6.45, 7) is 2.24. The van der Waals surface area contributed by atoms with E-state index in [-0.39, 0.29) is 7.43 Å². The molecule has 0 aliphatic heterocycles. The van der Waals surface area contributed by atoms with E-state index < -0.39 is 0 Å². The summed E-state index contributed by atoms with van der Waals surface area (Å²) in [5, 5.41) is 0. The first-order chi connectivity index (χ1) is 6.36. The van der Waals surface area contributed by atoms with Crippen LogP contribution in [0.5, 0.6) is 0 Å². The number of hydrogen-bond acceptors (Lipinski definition) is 0. The van der Waals surface area contributed by atoms with Crippen LogP contribution in [0.2, 0.25) is 0 Å². The van der Waals surface area contributed by atoms with Gasteiger partial charge in [-0.25, -0.2) is 0 Å². The van der Waals surface area contributed by atoms with Gasteiger partial charge in [0.1, 0.15) is 0 Å². The van der Waals surface area contributed by atoms with Crippen LogP contribution in [0.25, 0.3) is 0 Å². The van der Waals surface area contributed by atoms with Crippen LogP contribution in [0.4, 0.5) is 0 Å². The first-order valence-corrected chi connectivity index (χ1v) is 5.72. The second-order valence-corrected chi connectivity index (χ2v) is 4.59. The van der Waals surface area contributed by atoms with Crippen molar-refractivity contribution in [3.05, 3.63) is 23.3 Å². The molecule has 80 valence electrons. The Balaban J connectivity index is 0.000000980. The minimum Gasteiger partial charge on any atom is -0.0776 e. The molecule has 0 aromatic carbocycles. The smallest absolute Gasteiger partial charge is 0.0200 e. The van der Waals surface area contributed by atoms with Crippen molar-refractivity contribution in [3.63, 3.8) is 0 Å². The van der Waals surface area contributed by atoms with E-state index in [4.69, 9.17) is 0 Å². The summed E-state index contributed by atoms with van der Waals surface area (Å²) < 4.78 is 0. The van der Waals surface area contributed by atoms with Gasteiger partial charge in [-0.1, -0.05) is 50.0 Å². The van der Waals surface area contributed by atoms with E-state index in [9.17, 15) is 0 Å². The van der Waals surface area contributed by atoms with Gasteiger partial charge in [-0.05, 0) is 38.5 Å². The predicted octanol–water partition coefficient (Wildman–Crippen LogP) is 4.87. The summed E-state index contributed by atoms with van der Waals surface area (Å²) in [5.74, 6) is 0.943. The van der Waals surface area contributed by atoms with E-state index in [2.05, 4.69) is 19.1 Å². The summed E-state index contributed by atoms with van der Waals surface area (Å²) in [4.78, 5) is 0. The Kier molecular flexibility index (Phi) is 4.44. The third kappa shape index (κ3) is 2.73. The van der Waals surface area contributed by atoms with Crippen LogP contribution in [-0.4, -0.2) is 0 Å². The van der Waals surface area contributed by atoms with Gasteiger partial charge in [0.25, 0.3) is 0 Å². The second kappa shape index (κ2) is 5.38. The van der Waals surface area contributed by atoms with Gasteiger partial charge in [0.05, 0.1) is 0 Å². The Bertz CT molecular complexity index is 226. The predicted molar refractivity (Wildman–Crippen MR) is 64.4 cm³/mol. The Morgan fingerprint density at radius 3 is 2.29 bits per heavy atom. The molecule has 0 bridgehead atoms. The van der Waals surface area contributed by atoms with Gasteiger partial charge in [0, 0.05) is 0 Å². The maximum Gasteiger partial charge on any atom is -0.0200 e. The van der Waals surface area contributed by atoms with Crippen molar-refractivity contribution >= 4 is 0 Å². The fourth-order valence-corrected chi connectivity index (χ4v) is 2.57. The molecule has 0 nitrogen and oxygen atoms in total. The zero-order valence-electron chi connectivity index (χ0n) is 8.68. The lowest BCUT2D eigenvalue weighted by Crippen LogP contribution is -2.10. The standard InChI is InChI=1S/C13H20.CH4/c1-11-7-9-13(10-8-11)12-5-3-2-4-6-12;/h7,9,12H,2-6,8,10H2,1H3;1H4. The van der Waals surface area contributed by atoms with E-state index >= 15 is 0 Å². The lowest BCUT2D eigenvalue weighted by Gasteiger charge is -2.26. The molecule has 0 aromatic rings. The topological polar surface area (TPSA) is 0 Å². The number of hydrogen-bond donors (Lipinski definition) is 0. The van der Waals surface area contributed by atoms with Crippen molar-refractivity contribution in [2.24, 2.45) is 5.92 Å². The highest BCUT2D eigenvalue weighted by Crippen LogP contribution is 2.34. The Hall–Kier alpha value is -0.520. The van der Waals surface area contributed by atoms with E-state index in [1.54, 1.807) is 11.1 Å². The van der Waals surface area contributed by atoms with Gasteiger partial charge in [-0.2, -0.15) is 0 Å². The molecule has 0 unspecified atom stereocenters. The SMILES string of the molecule is C.CC1=CC=C(C2CCCCC2)CC1. The zero-order chi connectivity index (χ0) is 9.10. The highest BCUT2D eigenvalue weighted by atomic mass is 14.2. The van der Waals surface area contributed by atoms with Crippen molar-refractivity contribution < 1.29 is 0 Å². The lowest BCUT2D eigenvalue weighted by molar-refractivity contribution is 0.394. The molecule has 0 aromatic heterocycles. The van der Waals surface area contributed by atoms with Crippen LogP contribution >= 0.6 is 0 Å². The first kappa shape index (κ1) is 11.6. The van der Waals surface area contributed by atoms with Crippen molar-refractivity contribution in [1.82, 2.24) is 0 Å². The molecule has 1 saturated carbocycles. The molecule has 0 amide bonds. The molecule has 0 heterocycles. The second-order valence-electron chi connectivity index (χ2n) is 4.59. The highest BCUT2D eigenvalue weighted by Gasteiger charge is 2.18. The van der Waals surface area contributed by atoms with E-state index in [1.165, 1.54) is 44.9 Å². The van der Waals surface area contributed by atoms with Crippen LogP contribution in [0.15, 0.2) is 23.3 Å². The van der Waals surface area contributed by atoms with Crippen molar-refractivity contribution in [1.29, 1.82) is 0 Å². The number of allylic oxidation sites excluding steroid dienone is 4. The molecular weight excluding hydrogens is 168 g/mol. The van der Waals surface area contributed by atoms with Gasteiger partial charge in [-0.15, -0.1) is 0 Å². The van der Waals surface area contributed by atoms with E-state index in [1.807, 2.05) is 0 Å². The van der Waals surface area contributed by atoms with Crippen molar-refractivity contribution in [3.8, 4) is 0 Å². The monoisotopic (exact) mass is 192 g/mol. The molecular formula is C14H24. The van der Waals surface area contributed by atoms with Crippen LogP contribution < -0.4 is 0 Å². The fourth-order valence-electron chi connectivity index (χ4n) is 2.57. The van der Waals surface area contributed by atoms with Gasteiger partial charge in [0.15, 0.2) is 0 Å². The quantitative estimate of drug-likeness (QED) is 0.556. The van der Waals surface area contributed by atoms with Crippen LogP contribution in [0, 0.1) is 5.92 Å². The summed E-state index contributed by atoms with van der Waals surface area (Å²) in [7, 11) is 0. The summed E-state index contributed by atoms with van der Waals surface area (Å²) in [5.41, 5.74) is 3.30. The molecule has 2 aliphatic rings. The largest absolute Gasteiger partial charge is 0.0776 e. The zero-order valence-corrected chi connectivity index (χ0v) is 8.68. The highest BCUT2D eigenvalue weighted by molar-refractivity contribution is 5.24.